The summed E-state index contributed by atoms with van der Waals surface area (Å²) in [6.45, 7) is 7.73. The Kier molecular flexibility index (Phi) is 5.54. The van der Waals surface area contributed by atoms with Crippen LogP contribution in [-0.4, -0.2) is 16.0 Å². The molecule has 0 amide bonds. The average molecular weight is 270 g/mol. The van der Waals surface area contributed by atoms with Crippen molar-refractivity contribution in [2.45, 2.75) is 13.8 Å². The molecule has 0 radical (unpaired) electrons. The van der Waals surface area contributed by atoms with E-state index in [1.54, 1.807) is 30.3 Å². The van der Waals surface area contributed by atoms with Gasteiger partial charge in [-0.05, 0) is 29.8 Å². The monoisotopic (exact) mass is 270 g/mol. The zero-order chi connectivity index (χ0) is 15.1. The molecule has 0 spiro atoms. The molecule has 0 aliphatic heterocycles. The summed E-state index contributed by atoms with van der Waals surface area (Å²) in [5.41, 5.74) is 1.10. The Bertz CT molecular complexity index is 598. The fraction of sp³-hybridized carbons (Fsp3) is 0.118. The highest BCUT2D eigenvalue weighted by Crippen LogP contribution is 2.24. The van der Waals surface area contributed by atoms with Crippen LogP contribution in [0.5, 0.6) is 11.5 Å². The van der Waals surface area contributed by atoms with Gasteiger partial charge in [0.05, 0.1) is 5.56 Å². The number of phenolic OH excluding ortho intramolecular Hbond substituents is 2. The summed E-state index contributed by atoms with van der Waals surface area (Å²) < 4.78 is 0. The van der Waals surface area contributed by atoms with Gasteiger partial charge in [0.1, 0.15) is 11.5 Å². The number of ketones is 1. The molecule has 2 aromatic rings. The maximum absolute atomic E-state index is 12.1. The molecule has 0 aliphatic rings. The molecule has 0 bridgehead atoms. The van der Waals surface area contributed by atoms with Crippen LogP contribution in [0.3, 0.4) is 0 Å². The normalized spacial score (nSPS) is 9.30. The van der Waals surface area contributed by atoms with E-state index in [0.29, 0.717) is 5.56 Å². The average Bonchev–Trinajstić information content (AvgIpc) is 2.49. The molecule has 0 unspecified atom stereocenters. The number of para-hydroxylation sites is 1. The third-order valence-electron chi connectivity index (χ3n) is 2.64. The van der Waals surface area contributed by atoms with E-state index in [1.165, 1.54) is 18.2 Å². The third-order valence-corrected chi connectivity index (χ3v) is 2.64. The lowest BCUT2D eigenvalue weighted by atomic mass is 9.98. The molecule has 0 aliphatic carbocycles. The second-order valence-corrected chi connectivity index (χ2v) is 3.87. The molecule has 0 atom stereocenters. The van der Waals surface area contributed by atoms with Crippen molar-refractivity contribution in [1.29, 1.82) is 0 Å². The van der Waals surface area contributed by atoms with Crippen LogP contribution in [0, 0.1) is 0 Å². The van der Waals surface area contributed by atoms with E-state index in [2.05, 4.69) is 6.58 Å². The number of hydrogen-bond donors (Lipinski definition) is 2. The predicted molar refractivity (Wildman–Crippen MR) is 80.9 cm³/mol. The number of allylic oxidation sites excluding steroid dienone is 1. The van der Waals surface area contributed by atoms with Crippen molar-refractivity contribution in [2.24, 2.45) is 0 Å². The van der Waals surface area contributed by atoms with E-state index >= 15 is 0 Å². The Hall–Kier alpha value is -2.55. The molecule has 2 rings (SSSR count). The molecule has 3 heteroatoms. The van der Waals surface area contributed by atoms with E-state index in [0.717, 1.165) is 0 Å². The Labute approximate surface area is 118 Å². The van der Waals surface area contributed by atoms with Crippen molar-refractivity contribution in [2.75, 3.05) is 0 Å². The van der Waals surface area contributed by atoms with Crippen LogP contribution in [0.25, 0.3) is 5.57 Å². The molecule has 20 heavy (non-hydrogen) atoms. The summed E-state index contributed by atoms with van der Waals surface area (Å²) in [5, 5.41) is 18.8. The van der Waals surface area contributed by atoms with E-state index in [1.807, 2.05) is 13.8 Å². The first-order valence-electron chi connectivity index (χ1n) is 6.40. The van der Waals surface area contributed by atoms with Crippen LogP contribution in [-0.2, 0) is 0 Å². The largest absolute Gasteiger partial charge is 0.508 e. The van der Waals surface area contributed by atoms with E-state index in [-0.39, 0.29) is 28.4 Å². The van der Waals surface area contributed by atoms with Gasteiger partial charge in [-0.2, -0.15) is 0 Å². The fourth-order valence-electron chi connectivity index (χ4n) is 1.62. The minimum absolute atomic E-state index is 0.0672. The van der Waals surface area contributed by atoms with Crippen molar-refractivity contribution in [1.82, 2.24) is 0 Å². The topological polar surface area (TPSA) is 57.5 Å². The SMILES string of the molecule is C=C(C(=O)c1ccccc1O)c1ccc(O)cc1.CC. The first-order valence-corrected chi connectivity index (χ1v) is 6.40. The van der Waals surface area contributed by atoms with Gasteiger partial charge in [0.15, 0.2) is 5.78 Å². The first-order chi connectivity index (χ1) is 9.59. The number of phenols is 2. The van der Waals surface area contributed by atoms with Crippen molar-refractivity contribution in [3.8, 4) is 11.5 Å². The zero-order valence-corrected chi connectivity index (χ0v) is 11.6. The molecule has 2 aromatic carbocycles. The standard InChI is InChI=1S/C15H12O3.C2H6/c1-10(11-6-8-12(16)9-7-11)15(18)13-4-2-3-5-14(13)17;1-2/h2-9,16-17H,1H2;1-2H3. The molecule has 104 valence electrons. The molecule has 0 saturated heterocycles. The van der Waals surface area contributed by atoms with Gasteiger partial charge in [-0.25, -0.2) is 0 Å². The highest BCUT2D eigenvalue weighted by atomic mass is 16.3. The maximum atomic E-state index is 12.1. The molecule has 3 nitrogen and oxygen atoms in total. The van der Waals surface area contributed by atoms with E-state index in [9.17, 15) is 15.0 Å². The minimum atomic E-state index is -0.334. The van der Waals surface area contributed by atoms with Gasteiger partial charge in [-0.15, -0.1) is 0 Å². The second kappa shape index (κ2) is 7.14. The van der Waals surface area contributed by atoms with Crippen LogP contribution in [0.15, 0.2) is 55.1 Å². The maximum Gasteiger partial charge on any atom is 0.196 e. The summed E-state index contributed by atoms with van der Waals surface area (Å²) in [6, 6.07) is 12.5. The van der Waals surface area contributed by atoms with Crippen molar-refractivity contribution >= 4 is 11.4 Å². The van der Waals surface area contributed by atoms with Gasteiger partial charge < -0.3 is 10.2 Å². The summed E-state index contributed by atoms with van der Waals surface area (Å²) in [7, 11) is 0. The molecule has 0 aromatic heterocycles. The summed E-state index contributed by atoms with van der Waals surface area (Å²) in [4.78, 5) is 12.1. The van der Waals surface area contributed by atoms with Gasteiger partial charge in [0.25, 0.3) is 0 Å². The highest BCUT2D eigenvalue weighted by molar-refractivity contribution is 6.29. The van der Waals surface area contributed by atoms with E-state index < -0.39 is 0 Å². The first kappa shape index (κ1) is 15.5. The summed E-state index contributed by atoms with van der Waals surface area (Å²) in [5.74, 6) is -0.275. The third kappa shape index (κ3) is 3.48. The summed E-state index contributed by atoms with van der Waals surface area (Å²) >= 11 is 0. The Balaban J connectivity index is 0.000000956. The van der Waals surface area contributed by atoms with Gasteiger partial charge in [-0.1, -0.05) is 44.7 Å². The number of benzene rings is 2. The van der Waals surface area contributed by atoms with Gasteiger partial charge >= 0.3 is 0 Å². The molecular weight excluding hydrogens is 252 g/mol. The number of carbonyl (C=O) groups is 1. The number of Topliss-reactive ketones (excluding diaryl/α,β-unsaturated/α-hetero) is 1. The zero-order valence-electron chi connectivity index (χ0n) is 11.6. The van der Waals surface area contributed by atoms with Gasteiger partial charge in [-0.3, -0.25) is 4.79 Å². The van der Waals surface area contributed by atoms with E-state index in [4.69, 9.17) is 0 Å². The molecule has 0 heterocycles. The van der Waals surface area contributed by atoms with Crippen LogP contribution in [0.4, 0.5) is 0 Å². The number of aromatic hydroxyl groups is 2. The minimum Gasteiger partial charge on any atom is -0.508 e. The lowest BCUT2D eigenvalue weighted by Crippen LogP contribution is -2.01. The van der Waals surface area contributed by atoms with Crippen LogP contribution < -0.4 is 0 Å². The molecule has 0 fully saturated rings. The lowest BCUT2D eigenvalue weighted by molar-refractivity contribution is 0.105. The predicted octanol–water partition coefficient (Wildman–Crippen LogP) is 4.02. The van der Waals surface area contributed by atoms with Crippen LogP contribution in [0.1, 0.15) is 29.8 Å². The Morgan fingerprint density at radius 1 is 0.950 bits per heavy atom. The summed E-state index contributed by atoms with van der Waals surface area (Å²) in [6.07, 6.45) is 0. The fourth-order valence-corrected chi connectivity index (χ4v) is 1.62. The molecule has 2 N–H and O–H groups in total. The smallest absolute Gasteiger partial charge is 0.196 e. The van der Waals surface area contributed by atoms with Crippen LogP contribution in [0.2, 0.25) is 0 Å². The van der Waals surface area contributed by atoms with Crippen molar-refractivity contribution < 1.29 is 15.0 Å². The lowest BCUT2D eigenvalue weighted by Gasteiger charge is -2.07. The number of rotatable bonds is 3. The number of hydrogen-bond acceptors (Lipinski definition) is 3. The highest BCUT2D eigenvalue weighted by Gasteiger charge is 2.15. The van der Waals surface area contributed by atoms with Crippen LogP contribution >= 0.6 is 0 Å². The van der Waals surface area contributed by atoms with Crippen molar-refractivity contribution in [3.05, 3.63) is 66.2 Å². The molecular formula is C17H18O3. The Morgan fingerprint density at radius 3 is 2.05 bits per heavy atom. The second-order valence-electron chi connectivity index (χ2n) is 3.87. The molecule has 0 saturated carbocycles. The van der Waals surface area contributed by atoms with Gasteiger partial charge in [0.2, 0.25) is 0 Å². The number of carbonyl (C=O) groups excluding carboxylic acids is 1. The Morgan fingerprint density at radius 2 is 1.50 bits per heavy atom. The van der Waals surface area contributed by atoms with Crippen molar-refractivity contribution in [3.63, 3.8) is 0 Å². The van der Waals surface area contributed by atoms with Gasteiger partial charge in [0, 0.05) is 5.57 Å². The quantitative estimate of drug-likeness (QED) is 0.654.